The highest BCUT2D eigenvalue weighted by atomic mass is 15.1. The zero-order valence-corrected chi connectivity index (χ0v) is 28.6. The Balaban J connectivity index is 1.26. The summed E-state index contributed by atoms with van der Waals surface area (Å²) in [6.07, 6.45) is 9.15. The van der Waals surface area contributed by atoms with Crippen molar-refractivity contribution in [3.8, 4) is 33.4 Å². The number of allylic oxidation sites excluding steroid dienone is 4. The number of benzene rings is 7. The quantitative estimate of drug-likeness (QED) is 0.175. The Morgan fingerprint density at radius 3 is 1.94 bits per heavy atom. The standard InChI is InChI=1S/C49H39N/c1-49(2)47-23-12-11-22-44(47)45-29-27-42(33-48(45)49)50(40-25-24-35-16-9-10-19-38(35)31-40)41-26-28-43(36-17-7-4-8-18-36)46(32-41)39-21-13-20-37(30-39)34-14-5-3-6-15-34/h3,5-7,9-33H,4,8H2,1-2H3. The van der Waals surface area contributed by atoms with Gasteiger partial charge in [0, 0.05) is 22.5 Å². The van der Waals surface area contributed by atoms with E-state index in [0.717, 1.165) is 29.9 Å². The van der Waals surface area contributed by atoms with Crippen molar-refractivity contribution < 1.29 is 0 Å². The van der Waals surface area contributed by atoms with Crippen LogP contribution < -0.4 is 4.90 Å². The van der Waals surface area contributed by atoms with E-state index >= 15 is 0 Å². The summed E-state index contributed by atoms with van der Waals surface area (Å²) in [6, 6.07) is 58.2. The van der Waals surface area contributed by atoms with E-state index in [9.17, 15) is 0 Å². The van der Waals surface area contributed by atoms with E-state index in [1.807, 2.05) is 0 Å². The lowest BCUT2D eigenvalue weighted by Gasteiger charge is -2.29. The van der Waals surface area contributed by atoms with Crippen LogP contribution in [0.1, 0.15) is 43.4 Å². The van der Waals surface area contributed by atoms with Gasteiger partial charge in [-0.1, -0.05) is 147 Å². The van der Waals surface area contributed by atoms with Gasteiger partial charge in [0.25, 0.3) is 0 Å². The van der Waals surface area contributed by atoms with E-state index in [1.54, 1.807) is 0 Å². The zero-order chi connectivity index (χ0) is 33.7. The molecule has 0 saturated carbocycles. The molecule has 0 radical (unpaired) electrons. The average molecular weight is 642 g/mol. The lowest BCUT2D eigenvalue weighted by molar-refractivity contribution is 0.660. The van der Waals surface area contributed by atoms with Gasteiger partial charge in [0.15, 0.2) is 0 Å². The van der Waals surface area contributed by atoms with Crippen LogP contribution in [0.25, 0.3) is 49.7 Å². The summed E-state index contributed by atoms with van der Waals surface area (Å²) in [7, 11) is 0. The minimum absolute atomic E-state index is 0.0936. The summed E-state index contributed by atoms with van der Waals surface area (Å²) in [6.45, 7) is 4.72. The van der Waals surface area contributed by atoms with Crippen LogP contribution in [0.4, 0.5) is 17.1 Å². The molecule has 50 heavy (non-hydrogen) atoms. The molecule has 2 aliphatic carbocycles. The van der Waals surface area contributed by atoms with Crippen LogP contribution in [0, 0.1) is 0 Å². The monoisotopic (exact) mass is 641 g/mol. The van der Waals surface area contributed by atoms with E-state index in [-0.39, 0.29) is 5.41 Å². The molecule has 0 bridgehead atoms. The first kappa shape index (κ1) is 30.2. The average Bonchev–Trinajstić information content (AvgIpc) is 3.41. The molecule has 9 rings (SSSR count). The summed E-state index contributed by atoms with van der Waals surface area (Å²) < 4.78 is 0. The fourth-order valence-corrected chi connectivity index (χ4v) is 8.07. The summed E-state index contributed by atoms with van der Waals surface area (Å²) >= 11 is 0. The third kappa shape index (κ3) is 5.18. The summed E-state index contributed by atoms with van der Waals surface area (Å²) in [5, 5.41) is 2.47. The summed E-state index contributed by atoms with van der Waals surface area (Å²) in [5.41, 5.74) is 16.2. The largest absolute Gasteiger partial charge is 0.310 e. The number of fused-ring (bicyclic) bond motifs is 4. The van der Waals surface area contributed by atoms with Gasteiger partial charge >= 0.3 is 0 Å². The number of nitrogens with zero attached hydrogens (tertiary/aromatic N) is 1. The first-order valence-electron chi connectivity index (χ1n) is 17.7. The van der Waals surface area contributed by atoms with Crippen molar-refractivity contribution in [3.05, 3.63) is 193 Å². The topological polar surface area (TPSA) is 3.24 Å². The number of hydrogen-bond donors (Lipinski definition) is 0. The second-order valence-corrected chi connectivity index (χ2v) is 14.1. The van der Waals surface area contributed by atoms with E-state index in [4.69, 9.17) is 0 Å². The van der Waals surface area contributed by atoms with Crippen LogP contribution in [0.3, 0.4) is 0 Å². The van der Waals surface area contributed by atoms with Gasteiger partial charge in [-0.15, -0.1) is 0 Å². The molecule has 0 saturated heterocycles. The molecule has 240 valence electrons. The van der Waals surface area contributed by atoms with Gasteiger partial charge < -0.3 is 4.90 Å². The second kappa shape index (κ2) is 12.2. The fraction of sp³-hybridized carbons (Fsp3) is 0.102. The van der Waals surface area contributed by atoms with Crippen molar-refractivity contribution in [2.45, 2.75) is 32.1 Å². The lowest BCUT2D eigenvalue weighted by atomic mass is 9.82. The molecule has 7 aromatic rings. The molecule has 0 atom stereocenters. The molecule has 0 N–H and O–H groups in total. The first-order chi connectivity index (χ1) is 24.5. The van der Waals surface area contributed by atoms with Gasteiger partial charge in [-0.2, -0.15) is 0 Å². The van der Waals surface area contributed by atoms with Gasteiger partial charge in [0.1, 0.15) is 0 Å². The highest BCUT2D eigenvalue weighted by Gasteiger charge is 2.35. The van der Waals surface area contributed by atoms with Crippen LogP contribution >= 0.6 is 0 Å². The predicted octanol–water partition coefficient (Wildman–Crippen LogP) is 13.7. The second-order valence-electron chi connectivity index (χ2n) is 14.1. The Morgan fingerprint density at radius 1 is 0.440 bits per heavy atom. The molecule has 2 aliphatic rings. The number of anilines is 3. The van der Waals surface area contributed by atoms with Crippen LogP contribution in [-0.2, 0) is 5.41 Å². The Bertz CT molecular complexity index is 2460. The Hall–Kier alpha value is -5.92. The van der Waals surface area contributed by atoms with E-state index in [0.29, 0.717) is 0 Å². The van der Waals surface area contributed by atoms with Crippen molar-refractivity contribution in [1.82, 2.24) is 0 Å². The van der Waals surface area contributed by atoms with E-state index in [2.05, 4.69) is 195 Å². The molecule has 0 amide bonds. The highest BCUT2D eigenvalue weighted by molar-refractivity contribution is 5.94. The van der Waals surface area contributed by atoms with Gasteiger partial charge in [-0.25, -0.2) is 0 Å². The van der Waals surface area contributed by atoms with E-state index < -0.39 is 0 Å². The van der Waals surface area contributed by atoms with Crippen LogP contribution in [0.15, 0.2) is 176 Å². The molecule has 0 spiro atoms. The Morgan fingerprint density at radius 2 is 1.10 bits per heavy atom. The third-order valence-corrected chi connectivity index (χ3v) is 10.7. The van der Waals surface area contributed by atoms with Crippen molar-refractivity contribution >= 4 is 33.4 Å². The maximum absolute atomic E-state index is 2.45. The molecular weight excluding hydrogens is 603 g/mol. The maximum atomic E-state index is 2.45. The highest BCUT2D eigenvalue weighted by Crippen LogP contribution is 2.51. The van der Waals surface area contributed by atoms with Crippen molar-refractivity contribution in [2.24, 2.45) is 0 Å². The fourth-order valence-electron chi connectivity index (χ4n) is 8.07. The molecule has 1 heteroatoms. The number of hydrogen-bond acceptors (Lipinski definition) is 1. The molecule has 0 aromatic heterocycles. The normalized spacial score (nSPS) is 14.2. The first-order valence-corrected chi connectivity index (χ1v) is 17.7. The maximum Gasteiger partial charge on any atom is 0.0468 e. The van der Waals surface area contributed by atoms with Gasteiger partial charge in [-0.05, 0) is 122 Å². The Kier molecular flexibility index (Phi) is 7.36. The molecule has 1 nitrogen and oxygen atoms in total. The van der Waals surface area contributed by atoms with Gasteiger partial charge in [0.05, 0.1) is 0 Å². The van der Waals surface area contributed by atoms with Crippen LogP contribution in [0.5, 0.6) is 0 Å². The summed E-state index contributed by atoms with van der Waals surface area (Å²) in [5.74, 6) is 0. The number of rotatable bonds is 6. The molecule has 7 aromatic carbocycles. The summed E-state index contributed by atoms with van der Waals surface area (Å²) in [4.78, 5) is 2.45. The van der Waals surface area contributed by atoms with Gasteiger partial charge in [-0.3, -0.25) is 0 Å². The van der Waals surface area contributed by atoms with Crippen molar-refractivity contribution in [1.29, 1.82) is 0 Å². The van der Waals surface area contributed by atoms with Crippen LogP contribution in [-0.4, -0.2) is 0 Å². The molecule has 0 unspecified atom stereocenters. The molecule has 0 fully saturated rings. The smallest absolute Gasteiger partial charge is 0.0468 e. The third-order valence-electron chi connectivity index (χ3n) is 10.7. The zero-order valence-electron chi connectivity index (χ0n) is 28.6. The SMILES string of the molecule is CC1(C)c2ccccc2-c2ccc(N(c3ccc(C4=CCCC=C4)c(-c4cccc(-c5ccccc5)c4)c3)c3ccc4ccccc4c3)cc21. The molecule has 0 aliphatic heterocycles. The minimum atomic E-state index is -0.0936. The van der Waals surface area contributed by atoms with E-state index in [1.165, 1.54) is 66.4 Å². The molecule has 0 heterocycles. The Labute approximate surface area is 295 Å². The molecular formula is C49H39N. The lowest BCUT2D eigenvalue weighted by Crippen LogP contribution is -2.16. The minimum Gasteiger partial charge on any atom is -0.310 e. The predicted molar refractivity (Wildman–Crippen MR) is 213 cm³/mol. The van der Waals surface area contributed by atoms with Crippen molar-refractivity contribution in [3.63, 3.8) is 0 Å². The van der Waals surface area contributed by atoms with Gasteiger partial charge in [0.2, 0.25) is 0 Å². The van der Waals surface area contributed by atoms with Crippen molar-refractivity contribution in [2.75, 3.05) is 4.90 Å². The van der Waals surface area contributed by atoms with Crippen LogP contribution in [0.2, 0.25) is 0 Å².